The lowest BCUT2D eigenvalue weighted by molar-refractivity contribution is 0.0944. The second kappa shape index (κ2) is 9.43. The van der Waals surface area contributed by atoms with Gasteiger partial charge in [-0.05, 0) is 36.1 Å². The van der Waals surface area contributed by atoms with Crippen molar-refractivity contribution in [3.63, 3.8) is 0 Å². The minimum Gasteiger partial charge on any atom is -0.472 e. The maximum absolute atomic E-state index is 12.7. The summed E-state index contributed by atoms with van der Waals surface area (Å²) in [5.41, 5.74) is 4.50. The Labute approximate surface area is 172 Å². The molecular weight excluding hydrogens is 386 g/mol. The fourth-order valence-corrected chi connectivity index (χ4v) is 3.09. The Morgan fingerprint density at radius 2 is 1.83 bits per heavy atom. The number of hydrogen-bond acceptors (Lipinski definition) is 5. The Bertz CT molecular complexity index is 1040. The maximum atomic E-state index is 12.7. The summed E-state index contributed by atoms with van der Waals surface area (Å²) < 4.78 is 17.6. The third-order valence-corrected chi connectivity index (χ3v) is 5.19. The number of aromatic nitrogens is 2. The van der Waals surface area contributed by atoms with Crippen LogP contribution < -0.4 is 10.1 Å². The van der Waals surface area contributed by atoms with Crippen LogP contribution in [-0.2, 0) is 24.0 Å². The van der Waals surface area contributed by atoms with Gasteiger partial charge in [-0.25, -0.2) is 4.98 Å². The van der Waals surface area contributed by atoms with Crippen LogP contribution in [0.15, 0.2) is 59.9 Å². The third-order valence-electron chi connectivity index (χ3n) is 4.48. The van der Waals surface area contributed by atoms with Gasteiger partial charge in [0.25, 0.3) is 5.91 Å². The Kier molecular flexibility index (Phi) is 6.72. The number of aryl methyl sites for hydroxylation is 2. The van der Waals surface area contributed by atoms with E-state index in [2.05, 4.69) is 15.3 Å². The standard InChI is InChI=1S/C22H23N3O3S/c1-15-9-10-18(11-16(15)2)14-28-21-19(13-24-22(25-21)29(3)27)20(26)23-12-17-7-5-4-6-8-17/h4-11,13H,12,14H2,1-3H3,(H,23,26). The van der Waals surface area contributed by atoms with E-state index in [9.17, 15) is 9.00 Å². The number of benzene rings is 2. The fourth-order valence-electron chi connectivity index (χ4n) is 2.67. The van der Waals surface area contributed by atoms with Crippen LogP contribution in [0.1, 0.15) is 32.6 Å². The molecule has 0 fully saturated rings. The number of ether oxygens (including phenoxy) is 1. The average molecular weight is 410 g/mol. The van der Waals surface area contributed by atoms with E-state index in [1.165, 1.54) is 18.0 Å². The van der Waals surface area contributed by atoms with E-state index >= 15 is 0 Å². The summed E-state index contributed by atoms with van der Waals surface area (Å²) >= 11 is 0. The molecule has 3 rings (SSSR count). The van der Waals surface area contributed by atoms with Crippen LogP contribution in [-0.4, -0.2) is 26.3 Å². The SMILES string of the molecule is Cc1ccc(COc2nc(S(C)=O)ncc2C(=O)NCc2ccccc2)cc1C. The minimum atomic E-state index is -1.38. The second-order valence-electron chi connectivity index (χ2n) is 6.70. The van der Waals surface area contributed by atoms with Crippen molar-refractivity contribution in [2.75, 3.05) is 6.26 Å². The van der Waals surface area contributed by atoms with Crippen molar-refractivity contribution in [1.29, 1.82) is 0 Å². The van der Waals surface area contributed by atoms with Crippen molar-refractivity contribution in [3.8, 4) is 5.88 Å². The Hall–Kier alpha value is -3.06. The van der Waals surface area contributed by atoms with E-state index in [1.54, 1.807) is 0 Å². The minimum absolute atomic E-state index is 0.119. The molecular formula is C22H23N3O3S. The molecule has 0 aliphatic carbocycles. The molecule has 1 aromatic heterocycles. The largest absolute Gasteiger partial charge is 0.472 e. The molecule has 1 atom stereocenters. The predicted molar refractivity (Wildman–Crippen MR) is 112 cm³/mol. The highest BCUT2D eigenvalue weighted by atomic mass is 32.2. The number of amides is 1. The Morgan fingerprint density at radius 1 is 1.07 bits per heavy atom. The molecule has 1 heterocycles. The van der Waals surface area contributed by atoms with Crippen LogP contribution in [0.3, 0.4) is 0 Å². The molecule has 150 valence electrons. The molecule has 29 heavy (non-hydrogen) atoms. The van der Waals surface area contributed by atoms with Crippen LogP contribution >= 0.6 is 0 Å². The monoisotopic (exact) mass is 409 g/mol. The van der Waals surface area contributed by atoms with E-state index in [1.807, 2.05) is 62.4 Å². The van der Waals surface area contributed by atoms with Gasteiger partial charge in [-0.1, -0.05) is 48.5 Å². The zero-order valence-corrected chi connectivity index (χ0v) is 17.5. The van der Waals surface area contributed by atoms with Crippen LogP contribution in [0.4, 0.5) is 0 Å². The molecule has 6 nitrogen and oxygen atoms in total. The number of hydrogen-bond donors (Lipinski definition) is 1. The number of rotatable bonds is 7. The van der Waals surface area contributed by atoms with Crippen molar-refractivity contribution in [1.82, 2.24) is 15.3 Å². The zero-order valence-electron chi connectivity index (χ0n) is 16.6. The van der Waals surface area contributed by atoms with Crippen molar-refractivity contribution in [3.05, 3.63) is 82.5 Å². The van der Waals surface area contributed by atoms with Gasteiger partial charge in [0.05, 0.1) is 10.8 Å². The lowest BCUT2D eigenvalue weighted by atomic mass is 10.1. The van der Waals surface area contributed by atoms with Gasteiger partial charge in [0.1, 0.15) is 12.2 Å². The highest BCUT2D eigenvalue weighted by molar-refractivity contribution is 7.84. The topological polar surface area (TPSA) is 81.2 Å². The summed E-state index contributed by atoms with van der Waals surface area (Å²) in [5, 5.41) is 2.97. The zero-order chi connectivity index (χ0) is 20.8. The summed E-state index contributed by atoms with van der Waals surface area (Å²) in [6.07, 6.45) is 2.84. The first-order valence-corrected chi connectivity index (χ1v) is 10.7. The first-order valence-electron chi connectivity index (χ1n) is 9.15. The quantitative estimate of drug-likeness (QED) is 0.606. The number of carbonyl (C=O) groups excluding carboxylic acids is 1. The highest BCUT2D eigenvalue weighted by Crippen LogP contribution is 2.19. The van der Waals surface area contributed by atoms with Gasteiger partial charge in [0, 0.05) is 19.0 Å². The number of carbonyl (C=O) groups is 1. The van der Waals surface area contributed by atoms with Crippen molar-refractivity contribution in [2.45, 2.75) is 32.2 Å². The van der Waals surface area contributed by atoms with E-state index in [4.69, 9.17) is 4.74 Å². The molecule has 1 N–H and O–H groups in total. The summed E-state index contributed by atoms with van der Waals surface area (Å²) in [4.78, 5) is 20.9. The lowest BCUT2D eigenvalue weighted by Crippen LogP contribution is -2.24. The van der Waals surface area contributed by atoms with Gasteiger partial charge in [0.15, 0.2) is 0 Å². The summed E-state index contributed by atoms with van der Waals surface area (Å²) in [6.45, 7) is 4.69. The van der Waals surface area contributed by atoms with Crippen LogP contribution in [0.5, 0.6) is 5.88 Å². The molecule has 0 aliphatic heterocycles. The summed E-state index contributed by atoms with van der Waals surface area (Å²) in [6, 6.07) is 15.6. The molecule has 0 saturated heterocycles. The van der Waals surface area contributed by atoms with Crippen molar-refractivity contribution in [2.24, 2.45) is 0 Å². The van der Waals surface area contributed by atoms with Crippen LogP contribution in [0.25, 0.3) is 0 Å². The first kappa shape index (κ1) is 20.7. The molecule has 0 bridgehead atoms. The first-order chi connectivity index (χ1) is 13.9. The van der Waals surface area contributed by atoms with E-state index < -0.39 is 10.8 Å². The molecule has 1 unspecified atom stereocenters. The number of nitrogens with one attached hydrogen (secondary N) is 1. The summed E-state index contributed by atoms with van der Waals surface area (Å²) in [7, 11) is -1.38. The lowest BCUT2D eigenvalue weighted by Gasteiger charge is -2.12. The van der Waals surface area contributed by atoms with Gasteiger partial charge in [-0.15, -0.1) is 0 Å². The third kappa shape index (κ3) is 5.48. The second-order valence-corrected chi connectivity index (χ2v) is 7.97. The molecule has 0 spiro atoms. The van der Waals surface area contributed by atoms with E-state index in [-0.39, 0.29) is 29.1 Å². The van der Waals surface area contributed by atoms with Gasteiger partial charge < -0.3 is 10.1 Å². The highest BCUT2D eigenvalue weighted by Gasteiger charge is 2.17. The van der Waals surface area contributed by atoms with E-state index in [0.29, 0.717) is 6.54 Å². The molecule has 0 aliphatic rings. The molecule has 0 radical (unpaired) electrons. The molecule has 3 aromatic rings. The molecule has 0 saturated carbocycles. The Morgan fingerprint density at radius 3 is 2.52 bits per heavy atom. The molecule has 2 aromatic carbocycles. The molecule has 7 heteroatoms. The molecule has 1 amide bonds. The van der Waals surface area contributed by atoms with Crippen LogP contribution in [0, 0.1) is 13.8 Å². The Balaban J connectivity index is 1.79. The van der Waals surface area contributed by atoms with Crippen LogP contribution in [0.2, 0.25) is 0 Å². The average Bonchev–Trinajstić information content (AvgIpc) is 2.73. The normalized spacial score (nSPS) is 11.7. The number of nitrogens with zero attached hydrogens (tertiary/aromatic N) is 2. The predicted octanol–water partition coefficient (Wildman–Crippen LogP) is 3.34. The van der Waals surface area contributed by atoms with Gasteiger partial charge >= 0.3 is 0 Å². The van der Waals surface area contributed by atoms with Crippen molar-refractivity contribution < 1.29 is 13.7 Å². The summed E-state index contributed by atoms with van der Waals surface area (Å²) in [5.74, 6) is -0.230. The van der Waals surface area contributed by atoms with Gasteiger partial charge in [0.2, 0.25) is 11.0 Å². The van der Waals surface area contributed by atoms with Gasteiger partial charge in [-0.3, -0.25) is 9.00 Å². The fraction of sp³-hybridized carbons (Fsp3) is 0.227. The van der Waals surface area contributed by atoms with Gasteiger partial charge in [-0.2, -0.15) is 4.98 Å². The smallest absolute Gasteiger partial charge is 0.258 e. The van der Waals surface area contributed by atoms with Crippen molar-refractivity contribution >= 4 is 16.7 Å². The maximum Gasteiger partial charge on any atom is 0.258 e. The van der Waals surface area contributed by atoms with E-state index in [0.717, 1.165) is 16.7 Å².